The van der Waals surface area contributed by atoms with Gasteiger partial charge < -0.3 is 14.9 Å². The van der Waals surface area contributed by atoms with Crippen molar-refractivity contribution in [3.63, 3.8) is 0 Å². The maximum Gasteiger partial charge on any atom is 0.305 e. The number of ether oxygens (including phenoxy) is 1. The Morgan fingerprint density at radius 3 is 2.33 bits per heavy atom. The molecule has 194 valence electrons. The number of aliphatic hydroxyl groups excluding tert-OH is 2. The third-order valence-corrected chi connectivity index (χ3v) is 10.3. The zero-order chi connectivity index (χ0) is 25.0. The largest absolute Gasteiger partial charge is 0.469 e. The highest BCUT2D eigenvalue weighted by Crippen LogP contribution is 2.64. The Morgan fingerprint density at radius 1 is 1.09 bits per heavy atom. The Balaban J connectivity index is 2.29. The Morgan fingerprint density at radius 2 is 1.76 bits per heavy atom. The number of aliphatic hydroxyl groups is 2. The van der Waals surface area contributed by atoms with Crippen molar-refractivity contribution in [2.24, 2.45) is 46.3 Å². The summed E-state index contributed by atoms with van der Waals surface area (Å²) in [6, 6.07) is 0. The Hall–Kier alpha value is -0.610. The van der Waals surface area contributed by atoms with Gasteiger partial charge in [-0.15, -0.1) is 0 Å². The first-order valence-electron chi connectivity index (χ1n) is 13.9. The molecular formula is C29H54O4. The number of fused-ring (bicyclic) bond motifs is 1. The van der Waals surface area contributed by atoms with Crippen LogP contribution in [0.4, 0.5) is 0 Å². The van der Waals surface area contributed by atoms with E-state index in [9.17, 15) is 15.0 Å². The van der Waals surface area contributed by atoms with Crippen molar-refractivity contribution in [1.29, 1.82) is 0 Å². The lowest BCUT2D eigenvalue weighted by Gasteiger charge is -2.56. The van der Waals surface area contributed by atoms with Crippen molar-refractivity contribution in [2.45, 2.75) is 125 Å². The van der Waals surface area contributed by atoms with E-state index in [0.717, 1.165) is 38.5 Å². The number of methoxy groups -OCH3 is 1. The molecule has 0 saturated heterocycles. The summed E-state index contributed by atoms with van der Waals surface area (Å²) in [6.45, 7) is 16.0. The van der Waals surface area contributed by atoms with Crippen LogP contribution in [0.1, 0.15) is 113 Å². The Bertz CT molecular complexity index is 617. The van der Waals surface area contributed by atoms with Crippen LogP contribution >= 0.6 is 0 Å². The molecular weight excluding hydrogens is 412 g/mol. The van der Waals surface area contributed by atoms with Crippen molar-refractivity contribution < 1.29 is 19.7 Å². The van der Waals surface area contributed by atoms with Gasteiger partial charge in [0.25, 0.3) is 0 Å². The van der Waals surface area contributed by atoms with E-state index in [1.54, 1.807) is 0 Å². The van der Waals surface area contributed by atoms with Gasteiger partial charge in [0.15, 0.2) is 0 Å². The molecule has 2 aliphatic rings. The van der Waals surface area contributed by atoms with Gasteiger partial charge >= 0.3 is 5.97 Å². The minimum atomic E-state index is -0.274. The predicted molar refractivity (Wildman–Crippen MR) is 136 cm³/mol. The molecule has 33 heavy (non-hydrogen) atoms. The molecule has 4 heteroatoms. The van der Waals surface area contributed by atoms with E-state index in [-0.39, 0.29) is 29.0 Å². The van der Waals surface area contributed by atoms with Gasteiger partial charge in [0, 0.05) is 6.42 Å². The number of rotatable bonds is 12. The van der Waals surface area contributed by atoms with Crippen LogP contribution in [0.15, 0.2) is 0 Å². The molecule has 2 saturated carbocycles. The summed E-state index contributed by atoms with van der Waals surface area (Å²) in [6.07, 6.45) is 9.32. The van der Waals surface area contributed by atoms with Gasteiger partial charge in [-0.25, -0.2) is 0 Å². The molecule has 3 unspecified atom stereocenters. The summed E-state index contributed by atoms with van der Waals surface area (Å²) in [5.74, 6) is 2.60. The zero-order valence-corrected chi connectivity index (χ0v) is 22.9. The third kappa shape index (κ3) is 6.34. The number of hydrogen-bond donors (Lipinski definition) is 2. The SMILES string of the molecule is CC[C@H](O)CCC(C)(C)C1CC[C@@]2(C)C(CC[C@@H]2[C@H](C)CCC(=O)OC)C1[C@H](O)[C@@H](C)CC. The highest BCUT2D eigenvalue weighted by molar-refractivity contribution is 5.69. The topological polar surface area (TPSA) is 66.8 Å². The standard InChI is InChI=1S/C29H54O4/c1-9-19(3)27(32)26-23(28(5,6)17-15-21(30)10-2)16-18-29(7)22(12-13-24(26)29)20(4)11-14-25(31)33-8/h19-24,26-27,30,32H,9-18H2,1-8H3/t19-,20+,21-,22+,23?,24?,26?,27+,29+/m0/s1. The van der Waals surface area contributed by atoms with Crippen molar-refractivity contribution in [3.05, 3.63) is 0 Å². The average molecular weight is 467 g/mol. The van der Waals surface area contributed by atoms with Gasteiger partial charge in [0.2, 0.25) is 0 Å². The molecule has 0 aromatic carbocycles. The minimum Gasteiger partial charge on any atom is -0.469 e. The lowest BCUT2D eigenvalue weighted by atomic mass is 9.50. The second-order valence-corrected chi connectivity index (χ2v) is 12.6. The van der Waals surface area contributed by atoms with E-state index >= 15 is 0 Å². The molecule has 9 atom stereocenters. The van der Waals surface area contributed by atoms with Crippen LogP contribution in [-0.2, 0) is 9.53 Å². The van der Waals surface area contributed by atoms with Crippen LogP contribution in [-0.4, -0.2) is 35.5 Å². The zero-order valence-electron chi connectivity index (χ0n) is 22.9. The first-order chi connectivity index (χ1) is 15.4. The van der Waals surface area contributed by atoms with Crippen LogP contribution in [0.3, 0.4) is 0 Å². The molecule has 2 rings (SSSR count). The van der Waals surface area contributed by atoms with Gasteiger partial charge in [0.05, 0.1) is 19.3 Å². The molecule has 0 amide bonds. The first-order valence-corrected chi connectivity index (χ1v) is 13.9. The molecule has 0 aromatic heterocycles. The molecule has 0 aromatic rings. The third-order valence-electron chi connectivity index (χ3n) is 10.3. The maximum atomic E-state index is 11.8. The van der Waals surface area contributed by atoms with E-state index in [2.05, 4.69) is 48.5 Å². The van der Waals surface area contributed by atoms with Crippen LogP contribution in [0.5, 0.6) is 0 Å². The number of carbonyl (C=O) groups excluding carboxylic acids is 1. The van der Waals surface area contributed by atoms with E-state index in [1.807, 2.05) is 0 Å². The monoisotopic (exact) mass is 466 g/mol. The fourth-order valence-electron chi connectivity index (χ4n) is 7.76. The molecule has 0 bridgehead atoms. The van der Waals surface area contributed by atoms with E-state index < -0.39 is 0 Å². The number of hydrogen-bond acceptors (Lipinski definition) is 4. The Kier molecular flexibility index (Phi) is 10.3. The van der Waals surface area contributed by atoms with E-state index in [4.69, 9.17) is 4.74 Å². The minimum absolute atomic E-state index is 0.102. The lowest BCUT2D eigenvalue weighted by Crippen LogP contribution is -2.52. The molecule has 2 N–H and O–H groups in total. The summed E-state index contributed by atoms with van der Waals surface area (Å²) < 4.78 is 4.89. The van der Waals surface area contributed by atoms with Crippen molar-refractivity contribution in [3.8, 4) is 0 Å². The van der Waals surface area contributed by atoms with E-state index in [1.165, 1.54) is 26.4 Å². The lowest BCUT2D eigenvalue weighted by molar-refractivity contribution is -0.141. The molecule has 0 radical (unpaired) electrons. The fraction of sp³-hybridized carbons (Fsp3) is 0.966. The average Bonchev–Trinajstić information content (AvgIpc) is 3.15. The quantitative estimate of drug-likeness (QED) is 0.317. The normalized spacial score (nSPS) is 33.8. The number of carbonyl (C=O) groups is 1. The van der Waals surface area contributed by atoms with Crippen LogP contribution in [0.2, 0.25) is 0 Å². The van der Waals surface area contributed by atoms with Gasteiger partial charge in [0.1, 0.15) is 0 Å². The van der Waals surface area contributed by atoms with Crippen molar-refractivity contribution in [2.75, 3.05) is 7.11 Å². The smallest absolute Gasteiger partial charge is 0.305 e. The maximum absolute atomic E-state index is 11.8. The summed E-state index contributed by atoms with van der Waals surface area (Å²) in [5, 5.41) is 21.9. The summed E-state index contributed by atoms with van der Waals surface area (Å²) in [5.41, 5.74) is 0.329. The first kappa shape index (κ1) is 28.6. The molecule has 0 aliphatic heterocycles. The number of esters is 1. The van der Waals surface area contributed by atoms with Crippen LogP contribution < -0.4 is 0 Å². The summed E-state index contributed by atoms with van der Waals surface area (Å²) in [4.78, 5) is 11.8. The molecule has 2 aliphatic carbocycles. The summed E-state index contributed by atoms with van der Waals surface area (Å²) in [7, 11) is 1.48. The molecule has 0 spiro atoms. The van der Waals surface area contributed by atoms with Gasteiger partial charge in [-0.3, -0.25) is 4.79 Å². The molecule has 2 fully saturated rings. The highest BCUT2D eigenvalue weighted by Gasteiger charge is 2.58. The molecule has 4 nitrogen and oxygen atoms in total. The van der Waals surface area contributed by atoms with E-state index in [0.29, 0.717) is 41.9 Å². The fourth-order valence-corrected chi connectivity index (χ4v) is 7.76. The second kappa shape index (κ2) is 11.9. The van der Waals surface area contributed by atoms with Gasteiger partial charge in [-0.2, -0.15) is 0 Å². The van der Waals surface area contributed by atoms with Crippen LogP contribution in [0.25, 0.3) is 0 Å². The van der Waals surface area contributed by atoms with Gasteiger partial charge in [-0.05, 0) is 97.7 Å². The molecule has 0 heterocycles. The highest BCUT2D eigenvalue weighted by atomic mass is 16.5. The summed E-state index contributed by atoms with van der Waals surface area (Å²) >= 11 is 0. The van der Waals surface area contributed by atoms with Crippen LogP contribution in [0, 0.1) is 46.3 Å². The Labute approximate surface area is 204 Å². The van der Waals surface area contributed by atoms with Crippen molar-refractivity contribution in [1.82, 2.24) is 0 Å². The van der Waals surface area contributed by atoms with Crippen molar-refractivity contribution >= 4 is 5.97 Å². The van der Waals surface area contributed by atoms with Gasteiger partial charge in [-0.1, -0.05) is 54.9 Å². The predicted octanol–water partition coefficient (Wildman–Crippen LogP) is 6.62. The second-order valence-electron chi connectivity index (χ2n) is 12.6.